The number of phenolic OH excluding ortho intramolecular Hbond substituents is 1. The van der Waals surface area contributed by atoms with Crippen molar-refractivity contribution in [1.29, 1.82) is 0 Å². The van der Waals surface area contributed by atoms with Crippen molar-refractivity contribution in [3.05, 3.63) is 28.8 Å². The molecule has 5 heteroatoms. The zero-order valence-electron chi connectivity index (χ0n) is 31.2. The van der Waals surface area contributed by atoms with Crippen LogP contribution in [0.2, 0.25) is 0 Å². The largest absolute Gasteiger partial charge is 0.507 e. The number of esters is 2. The lowest BCUT2D eigenvalue weighted by Crippen LogP contribution is -2.17. The second kappa shape index (κ2) is 24.2. The van der Waals surface area contributed by atoms with Gasteiger partial charge >= 0.3 is 11.9 Å². The van der Waals surface area contributed by atoms with E-state index in [0.717, 1.165) is 56.1 Å². The Bertz CT molecular complexity index is 953. The van der Waals surface area contributed by atoms with Crippen LogP contribution in [-0.2, 0) is 36.3 Å². The van der Waals surface area contributed by atoms with E-state index in [0.29, 0.717) is 18.6 Å². The third-order valence-electron chi connectivity index (χ3n) is 9.03. The Morgan fingerprint density at radius 3 is 1.35 bits per heavy atom. The molecule has 0 aliphatic heterocycles. The number of benzene rings is 1. The standard InChI is InChI=1S/C41H72O5/c1-8-9-10-11-12-13-14-15-16-17-18-19-20-21-25-28-37(42)45-30-31-46-38(43)29-26-23-22-24-27-34-32-35(40(2,3)4)33-36(39(34)44)41(5,6)7/h32-33,44H,8-31H2,1-7H3. The van der Waals surface area contributed by atoms with Crippen LogP contribution < -0.4 is 0 Å². The van der Waals surface area contributed by atoms with E-state index in [4.69, 9.17) is 9.47 Å². The molecule has 1 aromatic rings. The molecule has 0 saturated heterocycles. The van der Waals surface area contributed by atoms with Gasteiger partial charge in [0.1, 0.15) is 19.0 Å². The molecule has 1 N–H and O–H groups in total. The monoisotopic (exact) mass is 645 g/mol. The molecule has 0 aromatic heterocycles. The smallest absolute Gasteiger partial charge is 0.305 e. The van der Waals surface area contributed by atoms with E-state index in [2.05, 4.69) is 60.6 Å². The number of carbonyl (C=O) groups is 2. The van der Waals surface area contributed by atoms with Crippen molar-refractivity contribution in [2.24, 2.45) is 0 Å². The van der Waals surface area contributed by atoms with Crippen LogP contribution in [0.15, 0.2) is 12.1 Å². The quantitative estimate of drug-likeness (QED) is 0.0802. The average Bonchev–Trinajstić information content (AvgIpc) is 2.98. The molecule has 0 atom stereocenters. The second-order valence-electron chi connectivity index (χ2n) is 15.6. The number of hydrogen-bond donors (Lipinski definition) is 1. The number of rotatable bonds is 26. The van der Waals surface area contributed by atoms with E-state index in [1.807, 2.05) is 0 Å². The number of aromatic hydroxyl groups is 1. The van der Waals surface area contributed by atoms with Crippen LogP contribution in [0.4, 0.5) is 0 Å². The summed E-state index contributed by atoms with van der Waals surface area (Å²) >= 11 is 0. The molecule has 0 fully saturated rings. The zero-order valence-corrected chi connectivity index (χ0v) is 31.2. The predicted octanol–water partition coefficient (Wildman–Crippen LogP) is 11.8. The van der Waals surface area contributed by atoms with E-state index in [1.54, 1.807) is 0 Å². The third kappa shape index (κ3) is 20.3. The summed E-state index contributed by atoms with van der Waals surface area (Å²) in [5, 5.41) is 11.0. The highest BCUT2D eigenvalue weighted by molar-refractivity contribution is 5.70. The van der Waals surface area contributed by atoms with Crippen LogP contribution in [0.5, 0.6) is 5.75 Å². The first-order valence-corrected chi connectivity index (χ1v) is 19.0. The Morgan fingerprint density at radius 1 is 0.565 bits per heavy atom. The molecule has 0 unspecified atom stereocenters. The molecule has 0 aliphatic rings. The van der Waals surface area contributed by atoms with Crippen molar-refractivity contribution in [3.63, 3.8) is 0 Å². The van der Waals surface area contributed by atoms with E-state index < -0.39 is 0 Å². The Morgan fingerprint density at radius 2 is 0.957 bits per heavy atom. The molecule has 46 heavy (non-hydrogen) atoms. The molecule has 0 bridgehead atoms. The topological polar surface area (TPSA) is 72.8 Å². The summed E-state index contributed by atoms with van der Waals surface area (Å²) < 4.78 is 10.5. The predicted molar refractivity (Wildman–Crippen MR) is 194 cm³/mol. The molecule has 266 valence electrons. The van der Waals surface area contributed by atoms with Crippen molar-refractivity contribution in [2.45, 2.75) is 201 Å². The van der Waals surface area contributed by atoms with Gasteiger partial charge in [0.15, 0.2) is 0 Å². The highest BCUT2D eigenvalue weighted by atomic mass is 16.6. The summed E-state index contributed by atoms with van der Waals surface area (Å²) in [5.74, 6) is 0.00262. The van der Waals surface area contributed by atoms with Gasteiger partial charge < -0.3 is 14.6 Å². The summed E-state index contributed by atoms with van der Waals surface area (Å²) in [6, 6.07) is 4.32. The summed E-state index contributed by atoms with van der Waals surface area (Å²) in [4.78, 5) is 24.1. The maximum absolute atomic E-state index is 12.1. The van der Waals surface area contributed by atoms with Crippen LogP contribution in [0.25, 0.3) is 0 Å². The van der Waals surface area contributed by atoms with Crippen molar-refractivity contribution in [2.75, 3.05) is 13.2 Å². The summed E-state index contributed by atoms with van der Waals surface area (Å²) in [7, 11) is 0. The fraction of sp³-hybridized carbons (Fsp3) is 0.805. The molecule has 5 nitrogen and oxygen atoms in total. The SMILES string of the molecule is CCCCCCCCCCCCCCCCCC(=O)OCCOC(=O)CCCCCCc1cc(C(C)(C)C)cc(C(C)(C)C)c1O. The van der Waals surface area contributed by atoms with E-state index in [-0.39, 0.29) is 36.0 Å². The maximum Gasteiger partial charge on any atom is 0.305 e. The van der Waals surface area contributed by atoms with Gasteiger partial charge in [-0.25, -0.2) is 0 Å². The van der Waals surface area contributed by atoms with Gasteiger partial charge in [-0.3, -0.25) is 9.59 Å². The van der Waals surface area contributed by atoms with Crippen LogP contribution in [0, 0.1) is 0 Å². The van der Waals surface area contributed by atoms with E-state index in [9.17, 15) is 14.7 Å². The Kier molecular flexibility index (Phi) is 22.0. The van der Waals surface area contributed by atoms with Crippen molar-refractivity contribution in [3.8, 4) is 5.75 Å². The number of hydrogen-bond acceptors (Lipinski definition) is 5. The van der Waals surface area contributed by atoms with Crippen molar-refractivity contribution in [1.82, 2.24) is 0 Å². The molecule has 0 heterocycles. The lowest BCUT2D eigenvalue weighted by Gasteiger charge is -2.27. The van der Waals surface area contributed by atoms with Crippen LogP contribution in [0.1, 0.15) is 200 Å². The maximum atomic E-state index is 12.1. The zero-order chi connectivity index (χ0) is 34.3. The lowest BCUT2D eigenvalue weighted by molar-refractivity contribution is -0.152. The van der Waals surface area contributed by atoms with E-state index in [1.165, 1.54) is 89.0 Å². The lowest BCUT2D eigenvalue weighted by atomic mass is 9.78. The van der Waals surface area contributed by atoms with Crippen LogP contribution in [-0.4, -0.2) is 30.3 Å². The van der Waals surface area contributed by atoms with E-state index >= 15 is 0 Å². The fourth-order valence-electron chi connectivity index (χ4n) is 5.92. The highest BCUT2D eigenvalue weighted by Gasteiger charge is 2.24. The summed E-state index contributed by atoms with van der Waals surface area (Å²) in [6.07, 6.45) is 24.9. The summed E-state index contributed by atoms with van der Waals surface area (Å²) in [5.41, 5.74) is 3.18. The number of aryl methyl sites for hydroxylation is 1. The molecule has 0 radical (unpaired) electrons. The summed E-state index contributed by atoms with van der Waals surface area (Å²) in [6.45, 7) is 15.6. The van der Waals surface area contributed by atoms with Gasteiger partial charge in [-0.1, -0.05) is 163 Å². The van der Waals surface area contributed by atoms with Crippen molar-refractivity contribution >= 4 is 11.9 Å². The van der Waals surface area contributed by atoms with Crippen LogP contribution in [0.3, 0.4) is 0 Å². The Balaban J connectivity index is 2.03. The van der Waals surface area contributed by atoms with Crippen LogP contribution >= 0.6 is 0 Å². The Labute approximate surface area is 284 Å². The minimum absolute atomic E-state index is 0.0205. The third-order valence-corrected chi connectivity index (χ3v) is 9.03. The normalized spacial score (nSPS) is 12.0. The van der Waals surface area contributed by atoms with Gasteiger partial charge in [-0.05, 0) is 53.2 Å². The molecule has 0 amide bonds. The number of phenols is 1. The first kappa shape index (κ1) is 42.0. The first-order chi connectivity index (χ1) is 21.9. The molecular weight excluding hydrogens is 572 g/mol. The number of ether oxygens (including phenoxy) is 2. The molecule has 1 rings (SSSR count). The average molecular weight is 645 g/mol. The van der Waals surface area contributed by atoms with Gasteiger partial charge in [0.2, 0.25) is 0 Å². The van der Waals surface area contributed by atoms with Gasteiger partial charge in [-0.15, -0.1) is 0 Å². The Hall–Kier alpha value is -2.04. The minimum atomic E-state index is -0.233. The molecule has 0 saturated carbocycles. The van der Waals surface area contributed by atoms with Gasteiger partial charge in [0, 0.05) is 12.8 Å². The van der Waals surface area contributed by atoms with Gasteiger partial charge in [-0.2, -0.15) is 0 Å². The first-order valence-electron chi connectivity index (χ1n) is 19.0. The van der Waals surface area contributed by atoms with Gasteiger partial charge in [0.05, 0.1) is 0 Å². The fourth-order valence-corrected chi connectivity index (χ4v) is 5.92. The molecular formula is C41H72O5. The second-order valence-corrected chi connectivity index (χ2v) is 15.6. The molecule has 0 aliphatic carbocycles. The highest BCUT2D eigenvalue weighted by Crippen LogP contribution is 2.38. The van der Waals surface area contributed by atoms with Crippen molar-refractivity contribution < 1.29 is 24.2 Å². The molecule has 0 spiro atoms. The minimum Gasteiger partial charge on any atom is -0.507 e. The molecule has 1 aromatic carbocycles. The number of carbonyl (C=O) groups excluding carboxylic acids is 2. The van der Waals surface area contributed by atoms with Gasteiger partial charge in [0.25, 0.3) is 0 Å². The number of unbranched alkanes of at least 4 members (excludes halogenated alkanes) is 17.